The highest BCUT2D eigenvalue weighted by molar-refractivity contribution is 6.04. The minimum atomic E-state index is -3.29. The number of aromatic amines is 2. The van der Waals surface area contributed by atoms with Crippen LogP contribution in [-0.4, -0.2) is 197 Å². The molecule has 11 atom stereocenters. The number of nitrogens with one attached hydrogen (secondary N) is 6. The van der Waals surface area contributed by atoms with Gasteiger partial charge in [-0.05, 0) is 229 Å². The van der Waals surface area contributed by atoms with E-state index in [0.29, 0.717) is 151 Å². The number of methoxy groups -OCH3 is 4. The molecule has 7 amide bonds. The SMILES string of the molecule is COC(=O)NC(C(=O)O)C1CCOCC1.COC(=O)N[C@@H](C(=O)N1[C@@H]2CC[C@H](C2)[C@H]1C1=Nc2ccc(-c3ccc4c(c3)C(F)(F)c3cc(-c5cnc(C6CCCC6)[nH]5)ccc3-4)cc2C1)c1ccccc1.COC(=O)N[C@H](C(=O)N1CCC[C@H]1c1ncc(-c2ccc3c(c2)C(F)(F)c2cc(-c4ccc5c(c4)CC([C@@H]4[C@@H]6CC[C@H](C6)N4C(=O)[C@H](NC(=O)OC)c4ccccc4)=N5)ccc2-3)[nH]1)C1CCOCC1. The van der Waals surface area contributed by atoms with Crippen molar-refractivity contribution in [3.63, 3.8) is 0 Å². The van der Waals surface area contributed by atoms with Gasteiger partial charge in [0.05, 0.1) is 81.7 Å². The second kappa shape index (κ2) is 38.8. The first kappa shape index (κ1) is 92.8. The maximum Gasteiger partial charge on any atom is 0.407 e. The first-order valence-corrected chi connectivity index (χ1v) is 48.1. The Hall–Kier alpha value is -13.9. The van der Waals surface area contributed by atoms with Gasteiger partial charge in [0.15, 0.2) is 0 Å². The van der Waals surface area contributed by atoms with Crippen LogP contribution in [0.3, 0.4) is 0 Å². The summed E-state index contributed by atoms with van der Waals surface area (Å²) in [5.41, 5.74) is 14.3. The van der Waals surface area contributed by atoms with Crippen molar-refractivity contribution in [3.05, 3.63) is 238 Å². The number of alkyl carbamates (subject to hydrolysis) is 4. The zero-order valence-electron chi connectivity index (χ0n) is 77.5. The number of halogens is 4. The normalized spacial score (nSPS) is 22.2. The van der Waals surface area contributed by atoms with E-state index >= 15 is 17.6 Å². The number of carbonyl (C=O) groups excluding carboxylic acids is 7. The number of aromatic nitrogens is 4. The summed E-state index contributed by atoms with van der Waals surface area (Å²) in [5.74, 6) is -5.81. The molecular formula is C107H109F4N13O15. The summed E-state index contributed by atoms with van der Waals surface area (Å²) in [7, 11) is 5.05. The van der Waals surface area contributed by atoms with Crippen molar-refractivity contribution in [1.29, 1.82) is 0 Å². The second-order valence-electron chi connectivity index (χ2n) is 38.2. The number of nitrogens with zero attached hydrogens (tertiary/aromatic N) is 7. The number of imidazole rings is 2. The predicted octanol–water partition coefficient (Wildman–Crippen LogP) is 18.6. The Labute approximate surface area is 800 Å². The van der Waals surface area contributed by atoms with Crippen LogP contribution in [0.1, 0.15) is 183 Å². The number of fused-ring (bicyclic) bond motifs is 12. The number of carboxylic acids is 1. The summed E-state index contributed by atoms with van der Waals surface area (Å²) in [5, 5.41) is 19.6. The number of alkyl halides is 4. The average molecular weight is 1890 g/mol. The lowest BCUT2D eigenvalue weighted by Crippen LogP contribution is -2.53. The van der Waals surface area contributed by atoms with Gasteiger partial charge >= 0.3 is 30.3 Å². The van der Waals surface area contributed by atoms with Crippen LogP contribution in [0.15, 0.2) is 192 Å². The van der Waals surface area contributed by atoms with E-state index in [4.69, 9.17) is 38.8 Å². The Kier molecular flexibility index (Phi) is 25.9. The lowest BCUT2D eigenvalue weighted by molar-refractivity contribution is -0.142. The van der Waals surface area contributed by atoms with Crippen LogP contribution in [0, 0.1) is 23.7 Å². The fourth-order valence-corrected chi connectivity index (χ4v) is 23.5. The van der Waals surface area contributed by atoms with Gasteiger partial charge in [-0.2, -0.15) is 17.6 Å². The van der Waals surface area contributed by atoms with Crippen molar-refractivity contribution in [2.24, 2.45) is 33.7 Å². The summed E-state index contributed by atoms with van der Waals surface area (Å²) >= 11 is 0. The molecule has 0 radical (unpaired) electrons. The molecule has 12 aliphatic rings. The summed E-state index contributed by atoms with van der Waals surface area (Å²) in [4.78, 5) is 134. The molecule has 720 valence electrons. The van der Waals surface area contributed by atoms with Gasteiger partial charge in [-0.3, -0.25) is 24.4 Å². The Morgan fingerprint density at radius 2 is 0.820 bits per heavy atom. The van der Waals surface area contributed by atoms with E-state index in [-0.39, 0.29) is 93.9 Å². The number of aliphatic carboxylic acids is 1. The number of ether oxygens (including phenoxy) is 6. The van der Waals surface area contributed by atoms with E-state index in [2.05, 4.69) is 52.0 Å². The summed E-state index contributed by atoms with van der Waals surface area (Å²) in [6.07, 6.45) is 15.8. The third-order valence-corrected chi connectivity index (χ3v) is 30.5. The Morgan fingerprint density at radius 1 is 0.432 bits per heavy atom. The molecule has 5 aliphatic carbocycles. The predicted molar refractivity (Wildman–Crippen MR) is 509 cm³/mol. The molecular weight excluding hydrogens is 1780 g/mol. The zero-order valence-corrected chi connectivity index (χ0v) is 77.5. The number of H-pyrrole nitrogens is 2. The van der Waals surface area contributed by atoms with Crippen molar-refractivity contribution in [2.45, 2.75) is 188 Å². The Morgan fingerprint density at radius 3 is 1.26 bits per heavy atom. The molecule has 22 rings (SSSR count). The number of carbonyl (C=O) groups is 8. The van der Waals surface area contributed by atoms with E-state index in [1.54, 1.807) is 47.6 Å². The molecule has 3 saturated carbocycles. The molecule has 9 heterocycles. The van der Waals surface area contributed by atoms with Crippen molar-refractivity contribution < 1.29 is 89.4 Å². The van der Waals surface area contributed by atoms with E-state index in [1.165, 1.54) is 47.3 Å². The summed E-state index contributed by atoms with van der Waals surface area (Å²) in [6.45, 7) is 2.58. The van der Waals surface area contributed by atoms with Crippen LogP contribution in [0.4, 0.5) is 48.1 Å². The number of hydrogen-bond acceptors (Lipinski definition) is 18. The van der Waals surface area contributed by atoms with Gasteiger partial charge < -0.3 is 79.5 Å². The van der Waals surface area contributed by atoms with E-state index < -0.39 is 66.4 Å². The van der Waals surface area contributed by atoms with E-state index in [1.807, 2.05) is 137 Å². The number of rotatable bonds is 20. The minimum Gasteiger partial charge on any atom is -0.480 e. The second-order valence-corrected chi connectivity index (χ2v) is 38.2. The van der Waals surface area contributed by atoms with Crippen LogP contribution in [0.2, 0.25) is 0 Å². The number of hydrogen-bond donors (Lipinski definition) is 7. The lowest BCUT2D eigenvalue weighted by Gasteiger charge is -2.37. The number of amides is 7. The highest BCUT2D eigenvalue weighted by atomic mass is 19.3. The molecule has 5 saturated heterocycles. The van der Waals surface area contributed by atoms with Crippen LogP contribution in [0.5, 0.6) is 0 Å². The molecule has 0 spiro atoms. The van der Waals surface area contributed by atoms with Crippen molar-refractivity contribution in [3.8, 4) is 67.0 Å². The molecule has 7 aliphatic heterocycles. The maximum atomic E-state index is 16.7. The number of benzene rings is 8. The third-order valence-electron chi connectivity index (χ3n) is 30.5. The lowest BCUT2D eigenvalue weighted by atomic mass is 9.90. The van der Waals surface area contributed by atoms with Gasteiger partial charge in [-0.1, -0.05) is 134 Å². The first-order valence-electron chi connectivity index (χ1n) is 48.1. The van der Waals surface area contributed by atoms with Gasteiger partial charge in [0, 0.05) is 109 Å². The van der Waals surface area contributed by atoms with Crippen LogP contribution in [0.25, 0.3) is 67.0 Å². The molecule has 10 aromatic rings. The van der Waals surface area contributed by atoms with Gasteiger partial charge in [0.2, 0.25) is 5.91 Å². The number of carboxylic acid groups (broad SMARTS) is 1. The number of likely N-dealkylation sites (tertiary alicyclic amines) is 3. The molecule has 7 N–H and O–H groups in total. The summed E-state index contributed by atoms with van der Waals surface area (Å²) < 4.78 is 95.8. The molecule has 8 fully saturated rings. The molecule has 32 heteroatoms. The standard InChI is InChI=1S/C53H53F2N7O7.C45H41F2N5O3.C9H15NO5/c1-67-51(65)59-45(30-18-21-69-22-19-30)49(63)61-20-6-9-44(61)48-56-28-43(58-48)33-12-16-38-37-15-11-32(25-39(37)53(54,55)40(38)26-33)31-13-17-41-35(23-31)27-42(57-41)47-34-10-14-36(24-34)62(47)50(64)46(60-52(66)68-2)29-7-4-3-5-8-29;1-55-44(54)51-40(25-7-3-2-4-8-25)43(53)52-32-15-11-30(20-32)41(52)38-23-31-19-27(14-18-37(31)49-38)28-12-16-33-34-17-13-29(22-36(34)45(46,47)35(33)21-28)39-24-48-42(50-39)26-9-5-6-10-26;1-14-9(13)10-7(8(11)12)6-2-4-15-5-3-6/h3-5,7-8,11-13,15-17,23,25-26,28,30,34,36,44-47H,6,9-10,14,18-22,24,27H2,1-2H3,(H,56,58)(H,59,65)(H,60,66);2-4,7-8,12-14,16-19,21-22,24,26,30,32,40-41H,5-6,9-11,15,20,23H2,1H3,(H,48,50)(H,51,54);6-7H,2-5H2,1H3,(H,10,13)(H,11,12)/t34-,36-,44+,45+,46-,47+;30-,32-,40-,41+;/m11./s1. The van der Waals surface area contributed by atoms with E-state index in [0.717, 1.165) is 114 Å². The number of aliphatic imine (C=N–C) groups is 2. The Bertz CT molecular complexity index is 6490. The van der Waals surface area contributed by atoms with Gasteiger partial charge in [0.1, 0.15) is 35.8 Å². The van der Waals surface area contributed by atoms with Crippen LogP contribution >= 0.6 is 0 Å². The quantitative estimate of drug-likeness (QED) is 0.0275. The topological polar surface area (TPSA) is 352 Å². The molecule has 2 aromatic heterocycles. The number of piperidine rings is 2. The third kappa shape index (κ3) is 18.0. The van der Waals surface area contributed by atoms with Gasteiger partial charge in [0.25, 0.3) is 23.7 Å². The van der Waals surface area contributed by atoms with Crippen molar-refractivity contribution >= 4 is 70.9 Å². The fraction of sp³-hybridized carbons (Fsp3) is 0.402. The zero-order chi connectivity index (χ0) is 96.2. The fourth-order valence-electron chi connectivity index (χ4n) is 23.5. The average Bonchev–Trinajstić information content (AvgIpc) is 1.57. The smallest absolute Gasteiger partial charge is 0.407 e. The van der Waals surface area contributed by atoms with Crippen LogP contribution in [-0.2, 0) is 72.3 Å². The monoisotopic (exact) mass is 1890 g/mol. The maximum absolute atomic E-state index is 16.7. The largest absolute Gasteiger partial charge is 0.480 e. The van der Waals surface area contributed by atoms with Crippen LogP contribution < -0.4 is 21.3 Å². The molecule has 4 bridgehead atoms. The molecule has 139 heavy (non-hydrogen) atoms. The molecule has 1 unspecified atom stereocenters. The molecule has 8 aromatic carbocycles. The molecule has 28 nitrogen and oxygen atoms in total. The van der Waals surface area contributed by atoms with Gasteiger partial charge in [-0.15, -0.1) is 0 Å². The highest BCUT2D eigenvalue weighted by Crippen LogP contribution is 2.57. The van der Waals surface area contributed by atoms with Crippen molar-refractivity contribution in [2.75, 3.05) is 61.4 Å². The van der Waals surface area contributed by atoms with Crippen molar-refractivity contribution in [1.82, 2.24) is 55.9 Å². The first-order chi connectivity index (χ1) is 67.4. The minimum absolute atomic E-state index is 0.00973. The summed E-state index contributed by atoms with van der Waals surface area (Å²) in [6, 6.07) is 47.1. The van der Waals surface area contributed by atoms with Gasteiger partial charge in [-0.25, -0.2) is 33.9 Å². The Balaban J connectivity index is 0.000000151. The van der Waals surface area contributed by atoms with E-state index in [9.17, 15) is 38.4 Å². The highest BCUT2D eigenvalue weighted by Gasteiger charge is 2.55.